The van der Waals surface area contributed by atoms with E-state index in [4.69, 9.17) is 0 Å². The van der Waals surface area contributed by atoms with Gasteiger partial charge in [-0.2, -0.15) is 0 Å². The number of hydrogen-bond donors (Lipinski definition) is 1. The van der Waals surface area contributed by atoms with Crippen molar-refractivity contribution in [1.82, 2.24) is 4.90 Å². The van der Waals surface area contributed by atoms with E-state index in [9.17, 15) is 0 Å². The van der Waals surface area contributed by atoms with E-state index in [0.717, 1.165) is 0 Å². The molecule has 1 aliphatic rings. The molecule has 0 aromatic carbocycles. The van der Waals surface area contributed by atoms with E-state index in [-0.39, 0.29) is 0 Å². The Morgan fingerprint density at radius 3 is 1.90 bits per heavy atom. The van der Waals surface area contributed by atoms with Gasteiger partial charge in [0.2, 0.25) is 0 Å². The Hall–Kier alpha value is -0.0800. The second-order valence-corrected chi connectivity index (χ2v) is 4.02. The first-order valence-electron chi connectivity index (χ1n) is 4.17. The molecule has 0 aliphatic carbocycles. The van der Waals surface area contributed by atoms with Crippen LogP contribution >= 0.6 is 0 Å². The molecule has 0 atom stereocenters. The molecule has 60 valence electrons. The molecule has 2 nitrogen and oxygen atoms in total. The highest BCUT2D eigenvalue weighted by Gasteiger charge is 2.23. The lowest BCUT2D eigenvalue weighted by Gasteiger charge is -2.36. The minimum absolute atomic E-state index is 0.383. The summed E-state index contributed by atoms with van der Waals surface area (Å²) in [6, 6.07) is 0. The number of rotatable bonds is 0. The van der Waals surface area contributed by atoms with Crippen LogP contribution in [0.15, 0.2) is 0 Å². The van der Waals surface area contributed by atoms with Gasteiger partial charge in [-0.1, -0.05) is 0 Å². The minimum Gasteiger partial charge on any atom is -0.344 e. The third-order valence-electron chi connectivity index (χ3n) is 2.15. The maximum absolute atomic E-state index is 2.55. The van der Waals surface area contributed by atoms with Crippen molar-refractivity contribution in [1.29, 1.82) is 0 Å². The molecule has 1 fully saturated rings. The predicted octanol–water partition coefficient (Wildman–Crippen LogP) is -0.336. The smallest absolute Gasteiger partial charge is 0.0885 e. The molecule has 0 unspecified atom stereocenters. The first kappa shape index (κ1) is 8.02. The molecule has 1 rings (SSSR count). The van der Waals surface area contributed by atoms with Crippen molar-refractivity contribution in [2.45, 2.75) is 26.3 Å². The van der Waals surface area contributed by atoms with E-state index < -0.39 is 0 Å². The van der Waals surface area contributed by atoms with Crippen molar-refractivity contribution in [3.8, 4) is 0 Å². The molecule has 10 heavy (non-hydrogen) atoms. The number of hydrogen-bond acceptors (Lipinski definition) is 1. The molecule has 1 aliphatic heterocycles. The largest absolute Gasteiger partial charge is 0.344 e. The van der Waals surface area contributed by atoms with Crippen LogP contribution in [-0.4, -0.2) is 36.6 Å². The maximum Gasteiger partial charge on any atom is 0.0885 e. The summed E-state index contributed by atoms with van der Waals surface area (Å²) in [4.78, 5) is 2.55. The molecule has 0 amide bonds. The molecule has 0 aromatic heterocycles. The Morgan fingerprint density at radius 1 is 1.10 bits per heavy atom. The highest BCUT2D eigenvalue weighted by Crippen LogP contribution is 2.11. The van der Waals surface area contributed by atoms with Crippen molar-refractivity contribution in [2.24, 2.45) is 0 Å². The van der Waals surface area contributed by atoms with E-state index in [1.54, 1.807) is 0 Å². The summed E-state index contributed by atoms with van der Waals surface area (Å²) in [5.41, 5.74) is 0.383. The lowest BCUT2D eigenvalue weighted by atomic mass is 10.1. The van der Waals surface area contributed by atoms with Gasteiger partial charge in [-0.25, -0.2) is 0 Å². The highest BCUT2D eigenvalue weighted by molar-refractivity contribution is 4.76. The van der Waals surface area contributed by atoms with Gasteiger partial charge in [0, 0.05) is 18.6 Å². The van der Waals surface area contributed by atoms with E-state index in [1.807, 2.05) is 0 Å². The molecule has 1 saturated heterocycles. The molecular formula is C8H19N2+. The fourth-order valence-electron chi connectivity index (χ4n) is 1.42. The molecule has 0 bridgehead atoms. The van der Waals surface area contributed by atoms with Gasteiger partial charge in [0.15, 0.2) is 0 Å². The van der Waals surface area contributed by atoms with Crippen LogP contribution in [0.25, 0.3) is 0 Å². The van der Waals surface area contributed by atoms with Crippen LogP contribution < -0.4 is 5.32 Å². The summed E-state index contributed by atoms with van der Waals surface area (Å²) in [7, 11) is 0. The zero-order valence-electron chi connectivity index (χ0n) is 7.35. The first-order valence-corrected chi connectivity index (χ1v) is 4.17. The lowest BCUT2D eigenvalue weighted by molar-refractivity contribution is -0.664. The van der Waals surface area contributed by atoms with E-state index in [0.29, 0.717) is 5.54 Å². The van der Waals surface area contributed by atoms with Gasteiger partial charge >= 0.3 is 0 Å². The van der Waals surface area contributed by atoms with Crippen molar-refractivity contribution in [3.05, 3.63) is 0 Å². The molecule has 2 N–H and O–H groups in total. The van der Waals surface area contributed by atoms with Gasteiger partial charge in [-0.15, -0.1) is 0 Å². The Bertz CT molecular complexity index is 98.3. The molecular weight excluding hydrogens is 124 g/mol. The third-order valence-corrected chi connectivity index (χ3v) is 2.15. The summed E-state index contributed by atoms with van der Waals surface area (Å²) in [5.74, 6) is 0. The number of quaternary nitrogens is 1. The normalized spacial score (nSPS) is 23.1. The fourth-order valence-corrected chi connectivity index (χ4v) is 1.42. The van der Waals surface area contributed by atoms with Crippen LogP contribution in [0.1, 0.15) is 20.8 Å². The molecule has 0 aromatic rings. The summed E-state index contributed by atoms with van der Waals surface area (Å²) in [6.07, 6.45) is 0. The first-order chi connectivity index (χ1) is 4.61. The average Bonchev–Trinajstić information content (AvgIpc) is 1.88. The van der Waals surface area contributed by atoms with Crippen molar-refractivity contribution < 1.29 is 5.32 Å². The second kappa shape index (κ2) is 2.89. The Labute approximate surface area is 63.6 Å². The monoisotopic (exact) mass is 143 g/mol. The predicted molar refractivity (Wildman–Crippen MR) is 43.0 cm³/mol. The van der Waals surface area contributed by atoms with Crippen LogP contribution in [0.4, 0.5) is 0 Å². The zero-order chi connectivity index (χ0) is 7.61. The summed E-state index contributed by atoms with van der Waals surface area (Å²) < 4.78 is 0. The molecule has 2 heteroatoms. The van der Waals surface area contributed by atoms with Crippen molar-refractivity contribution in [2.75, 3.05) is 26.2 Å². The van der Waals surface area contributed by atoms with Gasteiger partial charge in [0.1, 0.15) is 0 Å². The maximum atomic E-state index is 2.55. The van der Waals surface area contributed by atoms with Crippen LogP contribution in [-0.2, 0) is 0 Å². The third kappa shape index (κ3) is 1.96. The van der Waals surface area contributed by atoms with Crippen LogP contribution in [0.5, 0.6) is 0 Å². The lowest BCUT2D eigenvalue weighted by Crippen LogP contribution is -2.90. The van der Waals surface area contributed by atoms with Gasteiger partial charge in [0.25, 0.3) is 0 Å². The second-order valence-electron chi connectivity index (χ2n) is 4.02. The van der Waals surface area contributed by atoms with Crippen LogP contribution in [0, 0.1) is 0 Å². The SMILES string of the molecule is CC(C)(C)N1CC[NH2+]CC1. The van der Waals surface area contributed by atoms with E-state index >= 15 is 0 Å². The zero-order valence-corrected chi connectivity index (χ0v) is 7.35. The average molecular weight is 143 g/mol. The highest BCUT2D eigenvalue weighted by atomic mass is 15.2. The number of nitrogens with zero attached hydrogens (tertiary/aromatic N) is 1. The summed E-state index contributed by atoms with van der Waals surface area (Å²) in [6.45, 7) is 11.9. The van der Waals surface area contributed by atoms with E-state index in [1.165, 1.54) is 26.2 Å². The number of nitrogens with two attached hydrogens (primary N) is 1. The summed E-state index contributed by atoms with van der Waals surface area (Å²) >= 11 is 0. The Kier molecular flexibility index (Phi) is 2.32. The van der Waals surface area contributed by atoms with Gasteiger partial charge in [-0.05, 0) is 20.8 Å². The van der Waals surface area contributed by atoms with Crippen LogP contribution in [0.3, 0.4) is 0 Å². The quantitative estimate of drug-likeness (QED) is 0.492. The standard InChI is InChI=1S/C8H18N2/c1-8(2,3)10-6-4-9-5-7-10/h9H,4-7H2,1-3H3/p+1. The van der Waals surface area contributed by atoms with Gasteiger partial charge in [-0.3, -0.25) is 4.90 Å². The van der Waals surface area contributed by atoms with Gasteiger partial charge < -0.3 is 5.32 Å². The van der Waals surface area contributed by atoms with Crippen molar-refractivity contribution in [3.63, 3.8) is 0 Å². The fraction of sp³-hybridized carbons (Fsp3) is 1.00. The summed E-state index contributed by atoms with van der Waals surface area (Å²) in [5, 5.41) is 2.39. The van der Waals surface area contributed by atoms with E-state index in [2.05, 4.69) is 31.0 Å². The van der Waals surface area contributed by atoms with Gasteiger partial charge in [0.05, 0.1) is 13.1 Å². The minimum atomic E-state index is 0.383. The Morgan fingerprint density at radius 2 is 1.60 bits per heavy atom. The molecule has 0 radical (unpaired) electrons. The van der Waals surface area contributed by atoms with Crippen LogP contribution in [0.2, 0.25) is 0 Å². The van der Waals surface area contributed by atoms with Crippen molar-refractivity contribution >= 4 is 0 Å². The molecule has 1 heterocycles. The topological polar surface area (TPSA) is 19.9 Å². The number of piperazine rings is 1. The Balaban J connectivity index is 2.39. The molecule has 0 saturated carbocycles. The molecule has 0 spiro atoms.